The Bertz CT molecular complexity index is 1570. The van der Waals surface area contributed by atoms with E-state index in [4.69, 9.17) is 16.1 Å². The van der Waals surface area contributed by atoms with Gasteiger partial charge in [-0.3, -0.25) is 9.59 Å². The zero-order valence-corrected chi connectivity index (χ0v) is 20.7. The second-order valence-corrected chi connectivity index (χ2v) is 9.11. The van der Waals surface area contributed by atoms with Gasteiger partial charge in [-0.2, -0.15) is 10.4 Å². The molecule has 0 radical (unpaired) electrons. The molecule has 1 aliphatic heterocycles. The number of nitrogens with zero attached hydrogens (tertiary/aromatic N) is 6. The van der Waals surface area contributed by atoms with E-state index in [1.807, 2.05) is 35.0 Å². The van der Waals surface area contributed by atoms with Gasteiger partial charge in [-0.25, -0.2) is 14.6 Å². The first-order valence-electron chi connectivity index (χ1n) is 12.3. The summed E-state index contributed by atoms with van der Waals surface area (Å²) in [4.78, 5) is 35.2. The van der Waals surface area contributed by atoms with Crippen molar-refractivity contribution >= 4 is 28.7 Å². The summed E-state index contributed by atoms with van der Waals surface area (Å²) in [6.07, 6.45) is 4.47. The molecule has 2 aromatic carbocycles. The van der Waals surface area contributed by atoms with Crippen LogP contribution >= 0.6 is 0 Å². The van der Waals surface area contributed by atoms with Crippen molar-refractivity contribution in [3.63, 3.8) is 0 Å². The van der Waals surface area contributed by atoms with Crippen molar-refractivity contribution in [1.29, 1.82) is 5.26 Å². The van der Waals surface area contributed by atoms with Crippen LogP contribution < -0.4 is 11.1 Å². The van der Waals surface area contributed by atoms with Crippen molar-refractivity contribution in [2.45, 2.75) is 25.4 Å². The third-order valence-corrected chi connectivity index (χ3v) is 6.68. The molecule has 1 saturated heterocycles. The highest BCUT2D eigenvalue weighted by Gasteiger charge is 2.28. The quantitative estimate of drug-likeness (QED) is 0.382. The van der Waals surface area contributed by atoms with E-state index >= 15 is 0 Å². The molecule has 10 heteroatoms. The molecule has 5 rings (SSSR count). The third-order valence-electron chi connectivity index (χ3n) is 6.68. The first kappa shape index (κ1) is 24.6. The first-order chi connectivity index (χ1) is 18.5. The molecule has 1 unspecified atom stereocenters. The van der Waals surface area contributed by atoms with Crippen molar-refractivity contribution in [2.75, 3.05) is 18.8 Å². The van der Waals surface area contributed by atoms with Crippen molar-refractivity contribution in [3.05, 3.63) is 84.2 Å². The molecule has 1 aliphatic rings. The zero-order valence-electron chi connectivity index (χ0n) is 20.7. The number of nitrogens with two attached hydrogens (primary N) is 1. The number of anilines is 1. The van der Waals surface area contributed by atoms with Crippen molar-refractivity contribution in [2.24, 2.45) is 0 Å². The predicted molar refractivity (Wildman–Crippen MR) is 143 cm³/mol. The lowest BCUT2D eigenvalue weighted by Crippen LogP contribution is -2.40. The lowest BCUT2D eigenvalue weighted by atomic mass is 10.1. The molecule has 0 saturated carbocycles. The second kappa shape index (κ2) is 10.5. The minimum absolute atomic E-state index is 0.0489. The molecule has 0 aliphatic carbocycles. The Kier molecular flexibility index (Phi) is 6.82. The van der Waals surface area contributed by atoms with Gasteiger partial charge in [-0.15, -0.1) is 0 Å². The Morgan fingerprint density at radius 2 is 2.03 bits per heavy atom. The van der Waals surface area contributed by atoms with Gasteiger partial charge >= 0.3 is 0 Å². The van der Waals surface area contributed by atoms with E-state index in [1.54, 1.807) is 29.2 Å². The number of benzene rings is 2. The normalized spacial score (nSPS) is 15.1. The van der Waals surface area contributed by atoms with Crippen molar-refractivity contribution in [3.8, 4) is 17.3 Å². The number of amides is 2. The van der Waals surface area contributed by atoms with Gasteiger partial charge in [0.1, 0.15) is 17.8 Å². The smallest absolute Gasteiger partial charge is 0.251 e. The van der Waals surface area contributed by atoms with E-state index in [0.29, 0.717) is 53.3 Å². The van der Waals surface area contributed by atoms with Crippen LogP contribution in [-0.4, -0.2) is 49.6 Å². The van der Waals surface area contributed by atoms with Gasteiger partial charge in [0.15, 0.2) is 5.65 Å². The molecule has 2 aromatic heterocycles. The summed E-state index contributed by atoms with van der Waals surface area (Å²) < 4.78 is 1.86. The Hall–Kier alpha value is -5.04. The van der Waals surface area contributed by atoms with Gasteiger partial charge < -0.3 is 16.0 Å². The number of nitrogens with one attached hydrogen (secondary N) is 1. The first-order valence-corrected chi connectivity index (χ1v) is 12.3. The molecule has 0 bridgehead atoms. The Morgan fingerprint density at radius 3 is 2.79 bits per heavy atom. The van der Waals surface area contributed by atoms with Gasteiger partial charge in [-0.05, 0) is 42.7 Å². The number of hydrogen-bond donors (Lipinski definition) is 2. The number of nitriles is 1. The molecule has 190 valence electrons. The molecule has 3 heterocycles. The number of fused-ring (bicyclic) bond motifs is 1. The molecule has 2 amide bonds. The lowest BCUT2D eigenvalue weighted by molar-refractivity contribution is -0.127. The minimum Gasteiger partial charge on any atom is -0.383 e. The average Bonchev–Trinajstić information content (AvgIpc) is 3.37. The number of aromatic nitrogens is 4. The largest absolute Gasteiger partial charge is 0.383 e. The van der Waals surface area contributed by atoms with Gasteiger partial charge in [0.05, 0.1) is 23.1 Å². The summed E-state index contributed by atoms with van der Waals surface area (Å²) in [6, 6.07) is 16.2. The van der Waals surface area contributed by atoms with Crippen LogP contribution in [0.25, 0.3) is 22.3 Å². The van der Waals surface area contributed by atoms with Gasteiger partial charge in [0, 0.05) is 30.8 Å². The zero-order chi connectivity index (χ0) is 26.6. The number of nitrogen functional groups attached to an aromatic ring is 1. The van der Waals surface area contributed by atoms with E-state index in [0.717, 1.165) is 24.0 Å². The molecule has 3 N–H and O–H groups in total. The van der Waals surface area contributed by atoms with Crippen molar-refractivity contribution in [1.82, 2.24) is 30.0 Å². The number of hydrogen-bond acceptors (Lipinski definition) is 7. The van der Waals surface area contributed by atoms with Crippen LogP contribution in [0.3, 0.4) is 0 Å². The highest BCUT2D eigenvalue weighted by atomic mass is 16.2. The summed E-state index contributed by atoms with van der Waals surface area (Å²) in [5, 5.41) is 17.5. The Labute approximate surface area is 219 Å². The Balaban J connectivity index is 1.38. The lowest BCUT2D eigenvalue weighted by Gasteiger charge is -2.32. The summed E-state index contributed by atoms with van der Waals surface area (Å²) in [7, 11) is 0. The third kappa shape index (κ3) is 4.82. The topological polar surface area (TPSA) is 143 Å². The Morgan fingerprint density at radius 1 is 1.21 bits per heavy atom. The van der Waals surface area contributed by atoms with Gasteiger partial charge in [0.2, 0.25) is 5.91 Å². The molecule has 1 atom stereocenters. The number of carbonyl (C=O) groups is 2. The monoisotopic (exact) mass is 506 g/mol. The highest BCUT2D eigenvalue weighted by molar-refractivity contribution is 5.98. The summed E-state index contributed by atoms with van der Waals surface area (Å²) in [5.41, 5.74) is 10.2. The second-order valence-electron chi connectivity index (χ2n) is 9.11. The maximum Gasteiger partial charge on any atom is 0.251 e. The van der Waals surface area contributed by atoms with E-state index < -0.39 is 0 Å². The summed E-state index contributed by atoms with van der Waals surface area (Å²) in [5.74, 6) is -0.0136. The average molecular weight is 507 g/mol. The summed E-state index contributed by atoms with van der Waals surface area (Å²) in [6.45, 7) is 5.13. The standard InChI is InChI=1S/C28H26N8O2/c1-2-23(37)35-12-4-7-22(16-35)36-27-24(26(30)32-17-33-27)25(34-36)20-10-8-18(9-11-20)15-31-28(38)21-6-3-5-19(13-21)14-29/h2-3,5-6,8-11,13,17,22H,1,4,7,12,15-16H2,(H,31,38)(H2,30,32,33). The van der Waals surface area contributed by atoms with Crippen LogP contribution in [0.2, 0.25) is 0 Å². The van der Waals surface area contributed by atoms with Crippen LogP contribution in [-0.2, 0) is 11.3 Å². The molecule has 10 nitrogen and oxygen atoms in total. The fourth-order valence-corrected chi connectivity index (χ4v) is 4.73. The van der Waals surface area contributed by atoms with E-state index in [2.05, 4.69) is 21.9 Å². The van der Waals surface area contributed by atoms with Crippen LogP contribution in [0, 0.1) is 11.3 Å². The van der Waals surface area contributed by atoms with E-state index in [1.165, 1.54) is 12.4 Å². The van der Waals surface area contributed by atoms with Crippen LogP contribution in [0.5, 0.6) is 0 Å². The molecule has 1 fully saturated rings. The van der Waals surface area contributed by atoms with Gasteiger partial charge in [-0.1, -0.05) is 36.9 Å². The maximum absolute atomic E-state index is 12.5. The van der Waals surface area contributed by atoms with E-state index in [9.17, 15) is 9.59 Å². The maximum atomic E-state index is 12.5. The molecular formula is C28H26N8O2. The minimum atomic E-state index is -0.253. The molecule has 0 spiro atoms. The van der Waals surface area contributed by atoms with E-state index in [-0.39, 0.29) is 17.9 Å². The number of carbonyl (C=O) groups excluding carboxylic acids is 2. The van der Waals surface area contributed by atoms with Crippen LogP contribution in [0.4, 0.5) is 5.82 Å². The van der Waals surface area contributed by atoms with Crippen LogP contribution in [0.1, 0.15) is 40.4 Å². The number of likely N-dealkylation sites (tertiary alicyclic amines) is 1. The predicted octanol–water partition coefficient (Wildman–Crippen LogP) is 3.23. The van der Waals surface area contributed by atoms with Crippen LogP contribution in [0.15, 0.2) is 67.5 Å². The molecule has 4 aromatic rings. The number of rotatable bonds is 6. The fraction of sp³-hybridized carbons (Fsp3) is 0.214. The molecule has 38 heavy (non-hydrogen) atoms. The summed E-state index contributed by atoms with van der Waals surface area (Å²) >= 11 is 0. The highest BCUT2D eigenvalue weighted by Crippen LogP contribution is 2.33. The number of piperidine rings is 1. The van der Waals surface area contributed by atoms with Gasteiger partial charge in [0.25, 0.3) is 5.91 Å². The van der Waals surface area contributed by atoms with Crippen molar-refractivity contribution < 1.29 is 9.59 Å². The molecular weight excluding hydrogens is 480 g/mol. The SMILES string of the molecule is C=CC(=O)N1CCCC(n2nc(-c3ccc(CNC(=O)c4cccc(C#N)c4)cc3)c3c(N)ncnc32)C1. The fourth-order valence-electron chi connectivity index (χ4n) is 4.73.